The van der Waals surface area contributed by atoms with Crippen LogP contribution in [0.1, 0.15) is 25.5 Å². The van der Waals surface area contributed by atoms with Crippen molar-refractivity contribution in [3.63, 3.8) is 0 Å². The Labute approximate surface area is 116 Å². The molecule has 1 N–H and O–H groups in total. The Hall–Kier alpha value is -1.44. The van der Waals surface area contributed by atoms with Gasteiger partial charge in [-0.15, -0.1) is 0 Å². The number of likely N-dealkylation sites (N-methyl/N-ethyl adjacent to an activating group) is 1. The van der Waals surface area contributed by atoms with E-state index in [0.29, 0.717) is 0 Å². The summed E-state index contributed by atoms with van der Waals surface area (Å²) in [6.07, 6.45) is 4.72. The van der Waals surface area contributed by atoms with Crippen molar-refractivity contribution in [3.8, 4) is 6.07 Å². The Morgan fingerprint density at radius 3 is 2.89 bits per heavy atom. The van der Waals surface area contributed by atoms with Gasteiger partial charge in [-0.2, -0.15) is 5.26 Å². The highest BCUT2D eigenvalue weighted by Crippen LogP contribution is 1.99. The number of rotatable bonds is 9. The lowest BCUT2D eigenvalue weighted by molar-refractivity contribution is 0.320. The molecule has 0 radical (unpaired) electrons. The summed E-state index contributed by atoms with van der Waals surface area (Å²) in [4.78, 5) is 6.57. The third-order valence-electron chi connectivity index (χ3n) is 3.07. The molecule has 0 aliphatic heterocycles. The van der Waals surface area contributed by atoms with Crippen molar-refractivity contribution in [2.45, 2.75) is 32.2 Å². The number of pyridine rings is 1. The van der Waals surface area contributed by atoms with Crippen LogP contribution in [0.15, 0.2) is 24.4 Å². The molecule has 0 fully saturated rings. The zero-order valence-electron chi connectivity index (χ0n) is 12.0. The van der Waals surface area contributed by atoms with Crippen LogP contribution in [-0.2, 0) is 6.42 Å². The second-order valence-electron chi connectivity index (χ2n) is 4.80. The van der Waals surface area contributed by atoms with Crippen molar-refractivity contribution < 1.29 is 0 Å². The fourth-order valence-corrected chi connectivity index (χ4v) is 1.84. The summed E-state index contributed by atoms with van der Waals surface area (Å²) in [5, 5.41) is 12.3. The van der Waals surface area contributed by atoms with Crippen LogP contribution in [0, 0.1) is 11.3 Å². The predicted octanol–water partition coefficient (Wildman–Crippen LogP) is 1.84. The topological polar surface area (TPSA) is 52.0 Å². The van der Waals surface area contributed by atoms with Gasteiger partial charge in [0, 0.05) is 31.4 Å². The maximum Gasteiger partial charge on any atom is 0.0965 e. The summed E-state index contributed by atoms with van der Waals surface area (Å²) < 4.78 is 0. The smallest absolute Gasteiger partial charge is 0.0965 e. The minimum atomic E-state index is -0.0303. The molecule has 0 spiro atoms. The molecule has 1 aromatic rings. The molecule has 1 rings (SSSR count). The summed E-state index contributed by atoms with van der Waals surface area (Å²) in [5.74, 6) is 0. The van der Waals surface area contributed by atoms with Gasteiger partial charge in [-0.05, 0) is 38.6 Å². The molecule has 4 nitrogen and oxygen atoms in total. The Bertz CT molecular complexity index is 371. The van der Waals surface area contributed by atoms with Crippen molar-refractivity contribution in [2.75, 3.05) is 26.7 Å². The second-order valence-corrected chi connectivity index (χ2v) is 4.80. The highest BCUT2D eigenvalue weighted by Gasteiger charge is 2.07. The number of nitrogens with one attached hydrogen (secondary N) is 1. The summed E-state index contributed by atoms with van der Waals surface area (Å²) in [5.41, 5.74) is 1.12. The van der Waals surface area contributed by atoms with Crippen LogP contribution in [0.2, 0.25) is 0 Å². The van der Waals surface area contributed by atoms with Crippen LogP contribution in [0.5, 0.6) is 0 Å². The van der Waals surface area contributed by atoms with E-state index in [9.17, 15) is 0 Å². The van der Waals surface area contributed by atoms with Crippen LogP contribution in [0.25, 0.3) is 0 Å². The van der Waals surface area contributed by atoms with E-state index in [2.05, 4.69) is 41.3 Å². The van der Waals surface area contributed by atoms with Gasteiger partial charge >= 0.3 is 0 Å². The number of aromatic nitrogens is 1. The minimum Gasteiger partial charge on any atom is -0.306 e. The molecule has 19 heavy (non-hydrogen) atoms. The van der Waals surface area contributed by atoms with Gasteiger partial charge in [0.25, 0.3) is 0 Å². The molecule has 0 amide bonds. The Morgan fingerprint density at radius 2 is 2.26 bits per heavy atom. The minimum absolute atomic E-state index is 0.0303. The molecule has 104 valence electrons. The fourth-order valence-electron chi connectivity index (χ4n) is 1.84. The van der Waals surface area contributed by atoms with E-state index < -0.39 is 0 Å². The molecular formula is C15H24N4. The fraction of sp³-hybridized carbons (Fsp3) is 0.600. The van der Waals surface area contributed by atoms with Crippen LogP contribution < -0.4 is 5.32 Å². The molecule has 1 aromatic heterocycles. The molecule has 0 aliphatic carbocycles. The van der Waals surface area contributed by atoms with Gasteiger partial charge in [-0.25, -0.2) is 0 Å². The third-order valence-corrected chi connectivity index (χ3v) is 3.07. The normalized spacial score (nSPS) is 12.3. The van der Waals surface area contributed by atoms with Gasteiger partial charge < -0.3 is 10.2 Å². The lowest BCUT2D eigenvalue weighted by atomic mass is 10.2. The first-order chi connectivity index (χ1) is 9.26. The summed E-state index contributed by atoms with van der Waals surface area (Å²) in [6.45, 7) is 4.93. The Balaban J connectivity index is 2.20. The Kier molecular flexibility index (Phi) is 7.80. The van der Waals surface area contributed by atoms with Gasteiger partial charge in [0.05, 0.1) is 12.1 Å². The predicted molar refractivity (Wildman–Crippen MR) is 77.7 cm³/mol. The number of hydrogen-bond donors (Lipinski definition) is 1. The van der Waals surface area contributed by atoms with Crippen molar-refractivity contribution in [1.29, 1.82) is 5.26 Å². The first-order valence-corrected chi connectivity index (χ1v) is 6.97. The first-order valence-electron chi connectivity index (χ1n) is 6.97. The molecule has 0 aromatic carbocycles. The van der Waals surface area contributed by atoms with Gasteiger partial charge in [0.1, 0.15) is 0 Å². The maximum atomic E-state index is 9.03. The van der Waals surface area contributed by atoms with Gasteiger partial charge in [0.2, 0.25) is 0 Å². The van der Waals surface area contributed by atoms with Gasteiger partial charge in [-0.3, -0.25) is 4.98 Å². The van der Waals surface area contributed by atoms with E-state index >= 15 is 0 Å². The molecule has 0 saturated heterocycles. The summed E-state index contributed by atoms with van der Waals surface area (Å²) in [7, 11) is 2.09. The average molecular weight is 260 g/mol. The summed E-state index contributed by atoms with van der Waals surface area (Å²) >= 11 is 0. The highest BCUT2D eigenvalue weighted by atomic mass is 15.1. The van der Waals surface area contributed by atoms with Gasteiger partial charge in [0.15, 0.2) is 0 Å². The highest BCUT2D eigenvalue weighted by molar-refractivity contribution is 5.03. The standard InChI is InChI=1S/C15H24N4/c1-3-9-17-15(13-16)8-12-19(2)11-7-14-6-4-5-10-18-14/h4-6,10,15,17H,3,7-9,11-12H2,1-2H3. The van der Waals surface area contributed by atoms with Crippen molar-refractivity contribution in [3.05, 3.63) is 30.1 Å². The quantitative estimate of drug-likeness (QED) is 0.736. The van der Waals surface area contributed by atoms with Crippen molar-refractivity contribution in [1.82, 2.24) is 15.2 Å². The van der Waals surface area contributed by atoms with E-state index in [0.717, 1.165) is 44.6 Å². The van der Waals surface area contributed by atoms with Crippen molar-refractivity contribution in [2.24, 2.45) is 0 Å². The van der Waals surface area contributed by atoms with E-state index in [4.69, 9.17) is 5.26 Å². The SMILES string of the molecule is CCCNC(C#N)CCN(C)CCc1ccccn1. The van der Waals surface area contributed by atoms with Crippen LogP contribution in [-0.4, -0.2) is 42.6 Å². The lowest BCUT2D eigenvalue weighted by Gasteiger charge is -2.18. The number of hydrogen-bond acceptors (Lipinski definition) is 4. The number of nitrogens with zero attached hydrogens (tertiary/aromatic N) is 3. The zero-order chi connectivity index (χ0) is 13.9. The molecule has 1 heterocycles. The number of nitriles is 1. The molecular weight excluding hydrogens is 236 g/mol. The molecule has 4 heteroatoms. The maximum absolute atomic E-state index is 9.03. The Morgan fingerprint density at radius 1 is 1.42 bits per heavy atom. The molecule has 0 aliphatic rings. The van der Waals surface area contributed by atoms with E-state index in [1.807, 2.05) is 18.3 Å². The van der Waals surface area contributed by atoms with Crippen LogP contribution in [0.3, 0.4) is 0 Å². The molecule has 1 unspecified atom stereocenters. The lowest BCUT2D eigenvalue weighted by Crippen LogP contribution is -2.33. The van der Waals surface area contributed by atoms with E-state index in [1.54, 1.807) is 0 Å². The average Bonchev–Trinajstić information content (AvgIpc) is 2.46. The second kappa shape index (κ2) is 9.48. The monoisotopic (exact) mass is 260 g/mol. The van der Waals surface area contributed by atoms with E-state index in [-0.39, 0.29) is 6.04 Å². The zero-order valence-corrected chi connectivity index (χ0v) is 12.0. The first kappa shape index (κ1) is 15.6. The van der Waals surface area contributed by atoms with Crippen molar-refractivity contribution >= 4 is 0 Å². The van der Waals surface area contributed by atoms with E-state index in [1.165, 1.54) is 0 Å². The van der Waals surface area contributed by atoms with Gasteiger partial charge in [-0.1, -0.05) is 13.0 Å². The van der Waals surface area contributed by atoms with Crippen LogP contribution in [0.4, 0.5) is 0 Å². The summed E-state index contributed by atoms with van der Waals surface area (Å²) in [6, 6.07) is 8.29. The third kappa shape index (κ3) is 6.90. The largest absolute Gasteiger partial charge is 0.306 e. The molecule has 0 bridgehead atoms. The van der Waals surface area contributed by atoms with Crippen LogP contribution >= 0.6 is 0 Å². The molecule has 0 saturated carbocycles. The molecule has 1 atom stereocenters.